The van der Waals surface area contributed by atoms with Crippen LogP contribution in [-0.2, 0) is 26.2 Å². The van der Waals surface area contributed by atoms with E-state index in [1.165, 1.54) is 0 Å². The minimum absolute atomic E-state index is 0.425. The van der Waals surface area contributed by atoms with E-state index >= 15 is 0 Å². The Balaban J connectivity index is 1.47. The van der Waals surface area contributed by atoms with Gasteiger partial charge < -0.3 is 0 Å². The van der Waals surface area contributed by atoms with E-state index in [4.69, 9.17) is 11.6 Å². The molecule has 140 valence electrons. The van der Waals surface area contributed by atoms with Crippen LogP contribution in [-0.4, -0.2) is 44.6 Å². The average Bonchev–Trinajstić information content (AvgIpc) is 3.43. The molecule has 0 saturated carbocycles. The van der Waals surface area contributed by atoms with Crippen LogP contribution in [0, 0.1) is 0 Å². The SMILES string of the molecule is Clc1ccc(-n2c(CN3Cc4cncnc4C3)nnc2Cn2nccn2)cc1. The number of halogens is 1. The first-order valence-corrected chi connectivity index (χ1v) is 9.17. The molecule has 0 unspecified atom stereocenters. The van der Waals surface area contributed by atoms with Crippen LogP contribution in [0.15, 0.2) is 49.2 Å². The second kappa shape index (κ2) is 7.10. The minimum Gasteiger partial charge on any atom is -0.286 e. The first-order valence-electron chi connectivity index (χ1n) is 8.79. The Bertz CT molecular complexity index is 1060. The Morgan fingerprint density at radius 1 is 0.929 bits per heavy atom. The fourth-order valence-electron chi connectivity index (χ4n) is 3.38. The van der Waals surface area contributed by atoms with Gasteiger partial charge >= 0.3 is 0 Å². The molecule has 0 N–H and O–H groups in total. The zero-order chi connectivity index (χ0) is 18.9. The van der Waals surface area contributed by atoms with Gasteiger partial charge in [0.15, 0.2) is 11.6 Å². The van der Waals surface area contributed by atoms with Crippen molar-refractivity contribution < 1.29 is 0 Å². The van der Waals surface area contributed by atoms with Crippen molar-refractivity contribution in [2.24, 2.45) is 0 Å². The van der Waals surface area contributed by atoms with Crippen LogP contribution in [0.3, 0.4) is 0 Å². The van der Waals surface area contributed by atoms with E-state index in [1.807, 2.05) is 35.0 Å². The molecule has 0 bridgehead atoms. The van der Waals surface area contributed by atoms with E-state index in [9.17, 15) is 0 Å². The Hall–Kier alpha value is -3.17. The quantitative estimate of drug-likeness (QED) is 0.511. The highest BCUT2D eigenvalue weighted by atomic mass is 35.5. The summed E-state index contributed by atoms with van der Waals surface area (Å²) < 4.78 is 2.04. The number of benzene rings is 1. The zero-order valence-corrected chi connectivity index (χ0v) is 15.6. The lowest BCUT2D eigenvalue weighted by Crippen LogP contribution is -2.20. The summed E-state index contributed by atoms with van der Waals surface area (Å²) in [5.74, 6) is 1.59. The number of rotatable bonds is 5. The first-order chi connectivity index (χ1) is 13.8. The van der Waals surface area contributed by atoms with Crippen molar-refractivity contribution in [3.05, 3.63) is 77.1 Å². The minimum atomic E-state index is 0.425. The number of nitrogens with zero attached hydrogens (tertiary/aromatic N) is 9. The maximum Gasteiger partial charge on any atom is 0.161 e. The van der Waals surface area contributed by atoms with Crippen molar-refractivity contribution in [1.82, 2.24) is 44.6 Å². The van der Waals surface area contributed by atoms with Gasteiger partial charge in [0.1, 0.15) is 12.9 Å². The molecule has 0 amide bonds. The molecule has 1 aliphatic rings. The number of hydrogen-bond donors (Lipinski definition) is 0. The summed E-state index contributed by atoms with van der Waals surface area (Å²) in [6, 6.07) is 7.63. The summed E-state index contributed by atoms with van der Waals surface area (Å²) in [7, 11) is 0. The van der Waals surface area contributed by atoms with E-state index < -0.39 is 0 Å². The molecule has 0 saturated heterocycles. The molecule has 0 aliphatic carbocycles. The molecular weight excluding hydrogens is 378 g/mol. The normalized spacial score (nSPS) is 13.8. The highest BCUT2D eigenvalue weighted by Crippen LogP contribution is 2.23. The summed E-state index contributed by atoms with van der Waals surface area (Å²) in [4.78, 5) is 12.3. The van der Waals surface area contributed by atoms with Crippen LogP contribution in [0.1, 0.15) is 22.9 Å². The smallest absolute Gasteiger partial charge is 0.161 e. The highest BCUT2D eigenvalue weighted by molar-refractivity contribution is 6.30. The summed E-state index contributed by atoms with van der Waals surface area (Å²) in [5, 5.41) is 17.9. The third-order valence-corrected chi connectivity index (χ3v) is 4.90. The monoisotopic (exact) mass is 393 g/mol. The number of fused-ring (bicyclic) bond motifs is 1. The van der Waals surface area contributed by atoms with Crippen LogP contribution >= 0.6 is 11.6 Å². The lowest BCUT2D eigenvalue weighted by atomic mass is 10.3. The Morgan fingerprint density at radius 2 is 1.68 bits per heavy atom. The highest BCUT2D eigenvalue weighted by Gasteiger charge is 2.23. The molecule has 0 spiro atoms. The van der Waals surface area contributed by atoms with Gasteiger partial charge in [0.05, 0.1) is 24.6 Å². The molecule has 1 aromatic carbocycles. The van der Waals surface area contributed by atoms with Crippen molar-refractivity contribution in [2.75, 3.05) is 0 Å². The maximum atomic E-state index is 6.07. The molecule has 0 atom stereocenters. The van der Waals surface area contributed by atoms with Crippen LogP contribution < -0.4 is 0 Å². The van der Waals surface area contributed by atoms with E-state index in [0.717, 1.165) is 41.7 Å². The molecule has 4 heterocycles. The molecule has 5 rings (SSSR count). The number of aromatic nitrogens is 8. The summed E-state index contributed by atoms with van der Waals surface area (Å²) in [6.45, 7) is 2.62. The van der Waals surface area contributed by atoms with Crippen LogP contribution in [0.5, 0.6) is 0 Å². The van der Waals surface area contributed by atoms with E-state index in [-0.39, 0.29) is 0 Å². The van der Waals surface area contributed by atoms with Gasteiger partial charge in [-0.25, -0.2) is 9.97 Å². The maximum absolute atomic E-state index is 6.07. The predicted molar refractivity (Wildman–Crippen MR) is 100 cm³/mol. The molecule has 28 heavy (non-hydrogen) atoms. The zero-order valence-electron chi connectivity index (χ0n) is 14.9. The van der Waals surface area contributed by atoms with Crippen molar-refractivity contribution in [3.8, 4) is 5.69 Å². The van der Waals surface area contributed by atoms with Crippen molar-refractivity contribution in [2.45, 2.75) is 26.2 Å². The molecule has 0 fully saturated rings. The molecular formula is C18H16ClN9. The molecule has 10 heteroatoms. The molecule has 4 aromatic rings. The summed E-state index contributed by atoms with van der Waals surface area (Å²) in [5.41, 5.74) is 3.16. The van der Waals surface area contributed by atoms with Gasteiger partial charge in [-0.05, 0) is 24.3 Å². The standard InChI is InChI=1S/C18H16ClN9/c19-14-1-3-15(4-2-14)28-17(24-25-18(28)11-27-22-5-6-23-27)10-26-8-13-7-20-12-21-16(13)9-26/h1-7,12H,8-11H2. The topological polar surface area (TPSA) is 90.4 Å². The summed E-state index contributed by atoms with van der Waals surface area (Å²) in [6.07, 6.45) is 6.76. The molecule has 9 nitrogen and oxygen atoms in total. The van der Waals surface area contributed by atoms with Crippen LogP contribution in [0.25, 0.3) is 5.69 Å². The lowest BCUT2D eigenvalue weighted by Gasteiger charge is -2.16. The lowest BCUT2D eigenvalue weighted by molar-refractivity contribution is 0.265. The van der Waals surface area contributed by atoms with Gasteiger partial charge in [0.2, 0.25) is 0 Å². The third kappa shape index (κ3) is 3.25. The average molecular weight is 394 g/mol. The number of hydrogen-bond acceptors (Lipinski definition) is 7. The van der Waals surface area contributed by atoms with Crippen molar-refractivity contribution in [1.29, 1.82) is 0 Å². The first kappa shape index (κ1) is 17.0. The van der Waals surface area contributed by atoms with E-state index in [1.54, 1.807) is 23.5 Å². The Kier molecular flexibility index (Phi) is 4.30. The van der Waals surface area contributed by atoms with Crippen molar-refractivity contribution in [3.63, 3.8) is 0 Å². The van der Waals surface area contributed by atoms with E-state index in [2.05, 4.69) is 35.3 Å². The second-order valence-corrected chi connectivity index (χ2v) is 6.98. The van der Waals surface area contributed by atoms with Gasteiger partial charge in [-0.1, -0.05) is 11.6 Å². The van der Waals surface area contributed by atoms with Gasteiger partial charge in [-0.3, -0.25) is 9.47 Å². The van der Waals surface area contributed by atoms with Gasteiger partial charge in [0, 0.05) is 35.6 Å². The predicted octanol–water partition coefficient (Wildman–Crippen LogP) is 1.87. The summed E-state index contributed by atoms with van der Waals surface area (Å²) >= 11 is 6.07. The fraction of sp³-hybridized carbons (Fsp3) is 0.222. The fourth-order valence-corrected chi connectivity index (χ4v) is 3.50. The molecule has 3 aromatic heterocycles. The van der Waals surface area contributed by atoms with Crippen molar-refractivity contribution >= 4 is 11.6 Å². The molecule has 1 aliphatic heterocycles. The van der Waals surface area contributed by atoms with Gasteiger partial charge in [-0.15, -0.1) is 10.2 Å². The van der Waals surface area contributed by atoms with Gasteiger partial charge in [-0.2, -0.15) is 15.0 Å². The van der Waals surface area contributed by atoms with Crippen LogP contribution in [0.2, 0.25) is 5.02 Å². The largest absolute Gasteiger partial charge is 0.286 e. The van der Waals surface area contributed by atoms with E-state index in [0.29, 0.717) is 18.1 Å². The van der Waals surface area contributed by atoms with Crippen LogP contribution in [0.4, 0.5) is 0 Å². The third-order valence-electron chi connectivity index (χ3n) is 4.64. The Morgan fingerprint density at radius 3 is 2.43 bits per heavy atom. The molecule has 0 radical (unpaired) electrons. The Labute approximate surface area is 165 Å². The second-order valence-electron chi connectivity index (χ2n) is 6.54. The van der Waals surface area contributed by atoms with Gasteiger partial charge in [0.25, 0.3) is 0 Å².